The summed E-state index contributed by atoms with van der Waals surface area (Å²) in [6.45, 7) is 4.11. The first kappa shape index (κ1) is 35.5. The quantitative estimate of drug-likeness (QED) is 0.106. The van der Waals surface area contributed by atoms with Crippen LogP contribution in [-0.4, -0.2) is 50.1 Å². The van der Waals surface area contributed by atoms with Crippen molar-refractivity contribution in [1.29, 1.82) is 0 Å². The van der Waals surface area contributed by atoms with Gasteiger partial charge in [0.25, 0.3) is 5.24 Å². The molecular weight excluding hydrogens is 766 g/mol. The van der Waals surface area contributed by atoms with Gasteiger partial charge >= 0.3 is 220 Å². The molecule has 4 aromatic carbocycles. The van der Waals surface area contributed by atoms with Crippen LogP contribution in [0.5, 0.6) is 0 Å². The number of nitrogens with zero attached hydrogens (tertiary/aromatic N) is 2. The Hall–Kier alpha value is -4.31. The standard InChI is InChI=1S/C17H12F2N2OSe.C10H10N2Se.C7H3ClF2O/c1-10-5-2-3-6-11(10)14-9-20-17(23-14)21-16(22)15-12(18)7-4-8-13(15)19;1-7-4-2-3-5-8(7)9-6-12-10(11)13-9;8-7(11)6-4(9)2-1-3-5(6)10/h2-9H,1H3,(H,20,21,22);2-6H,1H3,(H2,11,12);1-3H. The molecular formula is C34H25ClF4N4O2Se2. The van der Waals surface area contributed by atoms with E-state index >= 15 is 0 Å². The maximum absolute atomic E-state index is 13.6. The molecule has 0 fully saturated rings. The third-order valence-electron chi connectivity index (χ3n) is 6.42. The molecule has 47 heavy (non-hydrogen) atoms. The Morgan fingerprint density at radius 1 is 0.660 bits per heavy atom. The van der Waals surface area contributed by atoms with Gasteiger partial charge in [0.1, 0.15) is 17.2 Å². The predicted molar refractivity (Wildman–Crippen MR) is 178 cm³/mol. The molecule has 3 N–H and O–H groups in total. The smallest absolute Gasteiger partial charge is 0.258 e. The first-order chi connectivity index (χ1) is 22.5. The van der Waals surface area contributed by atoms with Crippen LogP contribution >= 0.6 is 11.6 Å². The van der Waals surface area contributed by atoms with E-state index in [4.69, 9.17) is 17.3 Å². The molecule has 0 aliphatic carbocycles. The van der Waals surface area contributed by atoms with Crippen molar-refractivity contribution in [2.45, 2.75) is 13.8 Å². The first-order valence-electron chi connectivity index (χ1n) is 13.6. The van der Waals surface area contributed by atoms with Crippen LogP contribution < -0.4 is 11.1 Å². The molecule has 6 nitrogen and oxygen atoms in total. The normalized spacial score (nSPS) is 10.3. The molecule has 0 atom stereocenters. The molecule has 6 rings (SSSR count). The Labute approximate surface area is 284 Å². The summed E-state index contributed by atoms with van der Waals surface area (Å²) in [7, 11) is 0. The number of aryl methyl sites for hydroxylation is 2. The summed E-state index contributed by atoms with van der Waals surface area (Å²) in [5, 5.41) is 1.38. The molecule has 0 saturated heterocycles. The third-order valence-corrected chi connectivity index (χ3v) is 10.4. The summed E-state index contributed by atoms with van der Waals surface area (Å²) in [6, 6.07) is 22.6. The number of carbonyl (C=O) groups is 2. The largest absolute Gasteiger partial charge is 0.275 e. The molecule has 0 radical (unpaired) electrons. The minimum Gasteiger partial charge on any atom is -0.275 e. The van der Waals surface area contributed by atoms with E-state index in [1.807, 2.05) is 49.5 Å². The van der Waals surface area contributed by atoms with Gasteiger partial charge in [-0.1, -0.05) is 6.07 Å². The maximum Gasteiger partial charge on any atom is 0.258 e. The number of rotatable bonds is 5. The molecule has 2 heterocycles. The van der Waals surface area contributed by atoms with Crippen molar-refractivity contribution in [3.8, 4) is 20.0 Å². The predicted octanol–water partition coefficient (Wildman–Crippen LogP) is 7.68. The van der Waals surface area contributed by atoms with Gasteiger partial charge in [0.05, 0.1) is 0 Å². The molecule has 0 bridgehead atoms. The van der Waals surface area contributed by atoms with Gasteiger partial charge in [0.2, 0.25) is 0 Å². The van der Waals surface area contributed by atoms with Crippen LogP contribution in [0.15, 0.2) is 97.3 Å². The van der Waals surface area contributed by atoms with E-state index in [0.717, 1.165) is 50.6 Å². The Bertz CT molecular complexity index is 1990. The number of anilines is 2. The van der Waals surface area contributed by atoms with Gasteiger partial charge in [0, 0.05) is 0 Å². The molecule has 0 aliphatic rings. The summed E-state index contributed by atoms with van der Waals surface area (Å²) in [4.78, 5) is 30.7. The molecule has 240 valence electrons. The third kappa shape index (κ3) is 9.38. The second-order valence-electron chi connectivity index (χ2n) is 9.64. The number of benzene rings is 4. The maximum atomic E-state index is 13.6. The van der Waals surface area contributed by atoms with Crippen molar-refractivity contribution in [2.75, 3.05) is 11.1 Å². The average molecular weight is 791 g/mol. The molecule has 2 aromatic heterocycles. The van der Waals surface area contributed by atoms with Gasteiger partial charge in [-0.25, -0.2) is 8.78 Å². The molecule has 0 saturated carbocycles. The van der Waals surface area contributed by atoms with Gasteiger partial charge in [-0.05, 0) is 23.7 Å². The van der Waals surface area contributed by atoms with E-state index in [9.17, 15) is 27.2 Å². The van der Waals surface area contributed by atoms with Crippen molar-refractivity contribution >= 4 is 61.1 Å². The zero-order valence-corrected chi connectivity index (χ0v) is 28.9. The topological polar surface area (TPSA) is 98.0 Å². The Balaban J connectivity index is 0.000000176. The van der Waals surface area contributed by atoms with Crippen molar-refractivity contribution in [1.82, 2.24) is 9.97 Å². The number of hydrogen-bond donors (Lipinski definition) is 2. The Kier molecular flexibility index (Phi) is 12.5. The Morgan fingerprint density at radius 3 is 1.53 bits per heavy atom. The fourth-order valence-corrected chi connectivity index (χ4v) is 7.83. The van der Waals surface area contributed by atoms with Crippen molar-refractivity contribution in [2.24, 2.45) is 0 Å². The fourth-order valence-electron chi connectivity index (χ4n) is 4.13. The second-order valence-corrected chi connectivity index (χ2v) is 14.4. The van der Waals surface area contributed by atoms with Gasteiger partial charge in [-0.15, -0.1) is 0 Å². The summed E-state index contributed by atoms with van der Waals surface area (Å²) >= 11 is 4.90. The number of carbonyl (C=O) groups excluding carboxylic acids is 2. The van der Waals surface area contributed by atoms with Crippen molar-refractivity contribution < 1.29 is 27.2 Å². The van der Waals surface area contributed by atoms with Crippen LogP contribution in [0.25, 0.3) is 20.0 Å². The van der Waals surface area contributed by atoms with E-state index in [2.05, 4.69) is 34.3 Å². The summed E-state index contributed by atoms with van der Waals surface area (Å²) in [5.41, 5.74) is 9.11. The van der Waals surface area contributed by atoms with Gasteiger partial charge in [0.15, 0.2) is 0 Å². The molecule has 6 aromatic rings. The van der Waals surface area contributed by atoms with Gasteiger partial charge < -0.3 is 0 Å². The van der Waals surface area contributed by atoms with E-state index < -0.39 is 45.5 Å². The van der Waals surface area contributed by atoms with Gasteiger partial charge in [-0.3, -0.25) is 4.79 Å². The van der Waals surface area contributed by atoms with Crippen LogP contribution in [0, 0.1) is 37.1 Å². The molecule has 13 heteroatoms. The molecule has 0 unspecified atom stereocenters. The Morgan fingerprint density at radius 2 is 1.11 bits per heavy atom. The average Bonchev–Trinajstić information content (AvgIpc) is 3.67. The summed E-state index contributed by atoms with van der Waals surface area (Å²) in [5.74, 6) is -4.47. The molecule has 0 aliphatic heterocycles. The van der Waals surface area contributed by atoms with Crippen molar-refractivity contribution in [3.05, 3.63) is 143 Å². The number of halogens is 5. The van der Waals surface area contributed by atoms with Crippen molar-refractivity contribution in [3.63, 3.8) is 0 Å². The number of aromatic nitrogens is 2. The van der Waals surface area contributed by atoms with Crippen LogP contribution in [0.1, 0.15) is 31.8 Å². The first-order valence-corrected chi connectivity index (χ1v) is 17.4. The zero-order valence-electron chi connectivity index (χ0n) is 24.7. The zero-order chi connectivity index (χ0) is 34.1. The number of nitrogens with two attached hydrogens (primary N) is 1. The summed E-state index contributed by atoms with van der Waals surface area (Å²) in [6.07, 6.45) is 3.58. The molecule has 1 amide bonds. The number of nitrogens with one attached hydrogen (secondary N) is 1. The molecule has 0 spiro atoms. The monoisotopic (exact) mass is 792 g/mol. The number of hydrogen-bond acceptors (Lipinski definition) is 5. The van der Waals surface area contributed by atoms with Gasteiger partial charge in [-0.2, -0.15) is 0 Å². The fraction of sp³-hybridized carbons (Fsp3) is 0.0588. The van der Waals surface area contributed by atoms with E-state index in [0.29, 0.717) is 4.69 Å². The van der Waals surface area contributed by atoms with Crippen LogP contribution in [0.2, 0.25) is 0 Å². The second kappa shape index (κ2) is 16.5. The number of nitrogen functional groups attached to an aromatic ring is 1. The van der Waals surface area contributed by atoms with E-state index in [1.165, 1.54) is 21.6 Å². The SMILES string of the molecule is Cc1ccccc1-c1cnc(N)[se]1.Cc1ccccc1-c1cnc(NC(=O)c2c(F)cccc2F)[se]1.O=C(Cl)c1c(F)cccc1F. The van der Waals surface area contributed by atoms with E-state index in [1.54, 1.807) is 6.20 Å². The minimum atomic E-state index is -1.12. The van der Waals surface area contributed by atoms with Crippen LogP contribution in [0.3, 0.4) is 0 Å². The summed E-state index contributed by atoms with van der Waals surface area (Å²) < 4.78 is 55.9. The number of amides is 1. The van der Waals surface area contributed by atoms with Crippen LogP contribution in [-0.2, 0) is 0 Å². The minimum absolute atomic E-state index is 0.219. The van der Waals surface area contributed by atoms with E-state index in [-0.39, 0.29) is 29.0 Å². The van der Waals surface area contributed by atoms with Crippen LogP contribution in [0.4, 0.5) is 26.9 Å².